The number of hydrogen-bond donors (Lipinski definition) is 2. The Bertz CT molecular complexity index is 978. The Hall–Kier alpha value is -2.76. The summed E-state index contributed by atoms with van der Waals surface area (Å²) in [5, 5.41) is 6.74. The van der Waals surface area contributed by atoms with Crippen molar-refractivity contribution >= 4 is 35.8 Å². The van der Waals surface area contributed by atoms with Gasteiger partial charge in [-0.05, 0) is 36.2 Å². The molecule has 1 saturated heterocycles. The third kappa shape index (κ3) is 5.23. The van der Waals surface area contributed by atoms with Crippen molar-refractivity contribution in [3.05, 3.63) is 66.8 Å². The van der Waals surface area contributed by atoms with Crippen LogP contribution in [0.5, 0.6) is 0 Å². The van der Waals surface area contributed by atoms with Gasteiger partial charge >= 0.3 is 0 Å². The van der Waals surface area contributed by atoms with E-state index in [4.69, 9.17) is 0 Å². The number of aromatic nitrogens is 4. The average molecular weight is 522 g/mol. The lowest BCUT2D eigenvalue weighted by atomic mass is 10.2. The number of pyridine rings is 2. The van der Waals surface area contributed by atoms with E-state index in [1.165, 1.54) is 6.07 Å². The van der Waals surface area contributed by atoms with Crippen LogP contribution in [-0.4, -0.2) is 51.7 Å². The number of anilines is 1. The molecular formula is C20H24FIN8. The summed E-state index contributed by atoms with van der Waals surface area (Å²) < 4.78 is 15.8. The van der Waals surface area contributed by atoms with E-state index in [9.17, 15) is 4.39 Å². The first-order valence-corrected chi connectivity index (χ1v) is 9.49. The van der Waals surface area contributed by atoms with E-state index >= 15 is 0 Å². The molecule has 0 bridgehead atoms. The fourth-order valence-corrected chi connectivity index (χ4v) is 3.36. The number of imidazole rings is 1. The Morgan fingerprint density at radius 1 is 1.27 bits per heavy atom. The predicted octanol–water partition coefficient (Wildman–Crippen LogP) is 2.36. The molecule has 1 aliphatic heterocycles. The first kappa shape index (κ1) is 21.9. The van der Waals surface area contributed by atoms with E-state index in [0.717, 1.165) is 24.3 Å². The van der Waals surface area contributed by atoms with Crippen molar-refractivity contribution in [3.8, 4) is 5.82 Å². The summed E-state index contributed by atoms with van der Waals surface area (Å²) in [4.78, 5) is 18.8. The summed E-state index contributed by atoms with van der Waals surface area (Å²) in [5.41, 5.74) is 1.08. The van der Waals surface area contributed by atoms with Gasteiger partial charge in [0.05, 0.1) is 0 Å². The average Bonchev–Trinajstić information content (AvgIpc) is 3.44. The van der Waals surface area contributed by atoms with Crippen LogP contribution in [0.2, 0.25) is 0 Å². The largest absolute Gasteiger partial charge is 0.352 e. The molecule has 1 unspecified atom stereocenters. The lowest BCUT2D eigenvalue weighted by Gasteiger charge is -2.20. The Morgan fingerprint density at radius 2 is 2.17 bits per heavy atom. The van der Waals surface area contributed by atoms with Crippen molar-refractivity contribution in [2.75, 3.05) is 25.0 Å². The van der Waals surface area contributed by atoms with Gasteiger partial charge in [0, 0.05) is 57.5 Å². The highest BCUT2D eigenvalue weighted by molar-refractivity contribution is 14.0. The maximum atomic E-state index is 14.0. The van der Waals surface area contributed by atoms with E-state index in [2.05, 4.69) is 30.6 Å². The van der Waals surface area contributed by atoms with Crippen molar-refractivity contribution in [3.63, 3.8) is 0 Å². The standard InChI is InChI=1S/C20H23FN8.HI/c1-22-20(26-12-15-4-7-24-18(11-15)29-10-8-23-14-29)27-16-5-9-28(13-16)19-17(21)3-2-6-25-19;/h2-4,6-8,10-11,14,16H,5,9,12-13H2,1H3,(H2,22,26,27);1H. The maximum Gasteiger partial charge on any atom is 0.191 e. The molecule has 1 fully saturated rings. The maximum absolute atomic E-state index is 14.0. The van der Waals surface area contributed by atoms with E-state index in [-0.39, 0.29) is 35.8 Å². The first-order valence-electron chi connectivity index (χ1n) is 9.49. The summed E-state index contributed by atoms with van der Waals surface area (Å²) in [6.07, 6.45) is 9.58. The van der Waals surface area contributed by atoms with E-state index in [0.29, 0.717) is 24.9 Å². The minimum absolute atomic E-state index is 0. The molecular weight excluding hydrogens is 498 g/mol. The lowest BCUT2D eigenvalue weighted by molar-refractivity contribution is 0.612. The summed E-state index contributed by atoms with van der Waals surface area (Å²) in [6, 6.07) is 7.18. The van der Waals surface area contributed by atoms with Crippen molar-refractivity contribution in [1.29, 1.82) is 0 Å². The minimum Gasteiger partial charge on any atom is -0.352 e. The lowest BCUT2D eigenvalue weighted by Crippen LogP contribution is -2.44. The highest BCUT2D eigenvalue weighted by Gasteiger charge is 2.25. The molecule has 0 aliphatic carbocycles. The van der Waals surface area contributed by atoms with Gasteiger partial charge in [-0.1, -0.05) is 0 Å². The fraction of sp³-hybridized carbons (Fsp3) is 0.300. The second-order valence-electron chi connectivity index (χ2n) is 6.80. The molecule has 0 spiro atoms. The van der Waals surface area contributed by atoms with Gasteiger partial charge < -0.3 is 15.5 Å². The third-order valence-corrected chi connectivity index (χ3v) is 4.83. The molecule has 0 saturated carbocycles. The van der Waals surface area contributed by atoms with Gasteiger partial charge in [-0.25, -0.2) is 19.3 Å². The normalized spacial score (nSPS) is 16.3. The van der Waals surface area contributed by atoms with Crippen LogP contribution in [-0.2, 0) is 6.54 Å². The molecule has 8 nitrogen and oxygen atoms in total. The Labute approximate surface area is 191 Å². The SMILES string of the molecule is CN=C(NCc1ccnc(-n2ccnc2)c1)NC1CCN(c2ncccc2F)C1.I. The second-order valence-corrected chi connectivity index (χ2v) is 6.80. The second kappa shape index (κ2) is 10.3. The number of nitrogens with one attached hydrogen (secondary N) is 2. The molecule has 1 aliphatic rings. The highest BCUT2D eigenvalue weighted by Crippen LogP contribution is 2.20. The van der Waals surface area contributed by atoms with Crippen LogP contribution in [0.15, 0.2) is 60.4 Å². The predicted molar refractivity (Wildman–Crippen MR) is 125 cm³/mol. The van der Waals surface area contributed by atoms with Crippen molar-refractivity contribution in [2.24, 2.45) is 4.99 Å². The number of halogens is 2. The molecule has 3 aromatic rings. The van der Waals surface area contributed by atoms with Crippen molar-refractivity contribution < 1.29 is 4.39 Å². The van der Waals surface area contributed by atoms with Crippen molar-refractivity contribution in [2.45, 2.75) is 19.0 Å². The van der Waals surface area contributed by atoms with Gasteiger partial charge in [0.15, 0.2) is 17.6 Å². The molecule has 4 heterocycles. The number of rotatable bonds is 5. The number of hydrogen-bond acceptors (Lipinski definition) is 5. The Balaban J connectivity index is 0.00000256. The molecule has 10 heteroatoms. The van der Waals surface area contributed by atoms with Crippen LogP contribution >= 0.6 is 24.0 Å². The zero-order valence-electron chi connectivity index (χ0n) is 16.6. The fourth-order valence-electron chi connectivity index (χ4n) is 3.36. The minimum atomic E-state index is -0.290. The van der Waals surface area contributed by atoms with Gasteiger partial charge in [0.1, 0.15) is 12.1 Å². The van der Waals surface area contributed by atoms with Gasteiger partial charge in [-0.2, -0.15) is 0 Å². The zero-order chi connectivity index (χ0) is 20.1. The summed E-state index contributed by atoms with van der Waals surface area (Å²) in [6.45, 7) is 2.03. The molecule has 4 rings (SSSR count). The topological polar surface area (TPSA) is 83.3 Å². The van der Waals surface area contributed by atoms with E-state index < -0.39 is 0 Å². The third-order valence-electron chi connectivity index (χ3n) is 4.83. The van der Waals surface area contributed by atoms with Crippen LogP contribution in [0.25, 0.3) is 5.82 Å². The van der Waals surface area contributed by atoms with Crippen LogP contribution in [0.1, 0.15) is 12.0 Å². The van der Waals surface area contributed by atoms with Crippen LogP contribution in [0.4, 0.5) is 10.2 Å². The Kier molecular flexibility index (Phi) is 7.55. The first-order chi connectivity index (χ1) is 14.2. The number of aliphatic imine (C=N–C) groups is 1. The van der Waals surface area contributed by atoms with Crippen molar-refractivity contribution in [1.82, 2.24) is 30.2 Å². The monoisotopic (exact) mass is 522 g/mol. The van der Waals surface area contributed by atoms with E-state index in [1.54, 1.807) is 38.0 Å². The quantitative estimate of drug-likeness (QED) is 0.304. The van der Waals surface area contributed by atoms with E-state index in [1.807, 2.05) is 27.8 Å². The highest BCUT2D eigenvalue weighted by atomic mass is 127. The molecule has 0 aromatic carbocycles. The molecule has 1 atom stereocenters. The van der Waals surface area contributed by atoms with Crippen LogP contribution < -0.4 is 15.5 Å². The Morgan fingerprint density at radius 3 is 2.93 bits per heavy atom. The van der Waals surface area contributed by atoms with Crippen LogP contribution in [0, 0.1) is 5.82 Å². The summed E-state index contributed by atoms with van der Waals surface area (Å²) >= 11 is 0. The summed E-state index contributed by atoms with van der Waals surface area (Å²) in [5.74, 6) is 1.64. The molecule has 158 valence electrons. The number of nitrogens with zero attached hydrogens (tertiary/aromatic N) is 6. The molecule has 30 heavy (non-hydrogen) atoms. The zero-order valence-corrected chi connectivity index (χ0v) is 18.9. The van der Waals surface area contributed by atoms with Gasteiger partial charge in [0.2, 0.25) is 0 Å². The van der Waals surface area contributed by atoms with Crippen LogP contribution in [0.3, 0.4) is 0 Å². The molecule has 0 radical (unpaired) electrons. The molecule has 3 aromatic heterocycles. The molecule has 2 N–H and O–H groups in total. The van der Waals surface area contributed by atoms with Gasteiger partial charge in [-0.15, -0.1) is 24.0 Å². The van der Waals surface area contributed by atoms with Gasteiger partial charge in [-0.3, -0.25) is 9.56 Å². The van der Waals surface area contributed by atoms with Gasteiger partial charge in [0.25, 0.3) is 0 Å². The smallest absolute Gasteiger partial charge is 0.191 e. The molecule has 0 amide bonds. The number of guanidine groups is 1. The summed E-state index contributed by atoms with van der Waals surface area (Å²) in [7, 11) is 1.74.